The average Bonchev–Trinajstić information content (AvgIpc) is 4.20. The van der Waals surface area contributed by atoms with Crippen LogP contribution < -0.4 is 21.3 Å². The molecule has 2 amide bonds. The molecule has 0 bridgehead atoms. The SMILES string of the molecule is CC(C)CNc1nc2cc(C#N)ccc2n2c(-c3ccc(C(=O)NC4CC4)c(Cl)c3)cnc12.O=C(NC1CC1)c1ccc(-c2cnc3c(NCCO)nc4ccc(F)cc4n23)cc1. The summed E-state index contributed by atoms with van der Waals surface area (Å²) in [5, 5.41) is 31.3. The Kier molecular flexibility index (Phi) is 11.3. The van der Waals surface area contributed by atoms with Gasteiger partial charge in [0.2, 0.25) is 0 Å². The van der Waals surface area contributed by atoms with Gasteiger partial charge < -0.3 is 26.4 Å². The molecule has 0 aliphatic heterocycles. The number of aliphatic hydroxyl groups is 1. The van der Waals surface area contributed by atoms with Crippen molar-refractivity contribution in [3.8, 4) is 28.6 Å². The lowest BCUT2D eigenvalue weighted by molar-refractivity contribution is 0.0942. The van der Waals surface area contributed by atoms with Crippen molar-refractivity contribution in [3.05, 3.63) is 119 Å². The first kappa shape index (κ1) is 41.2. The van der Waals surface area contributed by atoms with Crippen molar-refractivity contribution in [1.29, 1.82) is 5.26 Å². The topological polar surface area (TPSA) is 187 Å². The number of carbonyl (C=O) groups is 2. The summed E-state index contributed by atoms with van der Waals surface area (Å²) in [6.07, 6.45) is 7.59. The fourth-order valence-electron chi connectivity index (χ4n) is 7.27. The molecule has 8 aromatic rings. The number of hydrogen-bond acceptors (Lipinski definition) is 10. The van der Waals surface area contributed by atoms with E-state index in [1.165, 1.54) is 12.1 Å². The third kappa shape index (κ3) is 8.68. The molecular formula is C47H43ClFN11O3. The summed E-state index contributed by atoms with van der Waals surface area (Å²) in [5.41, 5.74) is 8.80. The molecule has 4 heterocycles. The minimum atomic E-state index is -0.367. The van der Waals surface area contributed by atoms with Gasteiger partial charge in [-0.2, -0.15) is 5.26 Å². The number of aromatic nitrogens is 6. The van der Waals surface area contributed by atoms with E-state index >= 15 is 0 Å². The van der Waals surface area contributed by atoms with Gasteiger partial charge in [-0.25, -0.2) is 24.3 Å². The van der Waals surface area contributed by atoms with Crippen molar-refractivity contribution < 1.29 is 19.1 Å². The number of halogens is 2. The van der Waals surface area contributed by atoms with Crippen LogP contribution in [0.15, 0.2) is 91.3 Å². The second-order valence-electron chi connectivity index (χ2n) is 16.2. The van der Waals surface area contributed by atoms with Crippen LogP contribution in [0.3, 0.4) is 0 Å². The van der Waals surface area contributed by atoms with E-state index in [0.29, 0.717) is 79.7 Å². The van der Waals surface area contributed by atoms with Crippen LogP contribution in [-0.2, 0) is 0 Å². The highest BCUT2D eigenvalue weighted by Crippen LogP contribution is 2.33. The molecule has 4 aromatic heterocycles. The summed E-state index contributed by atoms with van der Waals surface area (Å²) in [4.78, 5) is 43.2. The summed E-state index contributed by atoms with van der Waals surface area (Å²) in [6, 6.07) is 25.3. The Hall–Kier alpha value is -7.15. The number of amides is 2. The maximum Gasteiger partial charge on any atom is 0.253 e. The number of hydrogen-bond donors (Lipinski definition) is 5. The standard InChI is InChI=1S/C25H23ClN6O.C22H20FN5O2/c1-14(2)12-28-23-24-29-13-22(32(24)21-8-3-15(11-27)9-20(21)31-23)16-4-7-18(19(26)10-16)25(33)30-17-5-6-17;23-15-5-8-17-18(11-15)28-19(12-25-21(28)20(27-17)24-9-10-29)13-1-3-14(4-2-13)22(30)26-16-6-7-16/h3-4,7-10,13-14,17H,5-6,12H2,1-2H3,(H,28,31)(H,30,33);1-5,8,11-12,16,29H,6-7,9-10H2,(H,24,27)(H,26,30). The van der Waals surface area contributed by atoms with Gasteiger partial charge in [-0.1, -0.05) is 43.6 Å². The minimum Gasteiger partial charge on any atom is -0.395 e. The van der Waals surface area contributed by atoms with E-state index in [1.807, 2.05) is 33.1 Å². The van der Waals surface area contributed by atoms with Gasteiger partial charge in [0.05, 0.1) is 74.7 Å². The first-order valence-electron chi connectivity index (χ1n) is 20.9. The molecule has 0 saturated heterocycles. The van der Waals surface area contributed by atoms with E-state index in [4.69, 9.17) is 21.7 Å². The van der Waals surface area contributed by atoms with Crippen LogP contribution in [0.25, 0.3) is 55.9 Å². The molecule has 2 saturated carbocycles. The number of nitrogens with one attached hydrogen (secondary N) is 4. The Labute approximate surface area is 366 Å². The Bertz CT molecular complexity index is 3100. The lowest BCUT2D eigenvalue weighted by Gasteiger charge is -2.13. The van der Waals surface area contributed by atoms with Crippen molar-refractivity contribution in [1.82, 2.24) is 39.4 Å². The molecular weight excluding hydrogens is 821 g/mol. The number of imidazole rings is 2. The largest absolute Gasteiger partial charge is 0.395 e. The number of fused-ring (bicyclic) bond motifs is 6. The quantitative estimate of drug-likeness (QED) is 0.0806. The van der Waals surface area contributed by atoms with E-state index < -0.39 is 0 Å². The number of rotatable bonds is 12. The van der Waals surface area contributed by atoms with Crippen LogP contribution in [-0.4, -0.2) is 77.4 Å². The van der Waals surface area contributed by atoms with Crippen LogP contribution in [0.5, 0.6) is 0 Å². The lowest BCUT2D eigenvalue weighted by Crippen LogP contribution is -2.25. The van der Waals surface area contributed by atoms with Gasteiger partial charge in [-0.15, -0.1) is 0 Å². The maximum atomic E-state index is 14.0. The van der Waals surface area contributed by atoms with Crippen LogP contribution in [0.4, 0.5) is 16.0 Å². The molecule has 2 fully saturated rings. The fraction of sp³-hybridized carbons (Fsp3) is 0.255. The highest BCUT2D eigenvalue weighted by molar-refractivity contribution is 6.34. The van der Waals surface area contributed by atoms with E-state index in [0.717, 1.165) is 60.3 Å². The summed E-state index contributed by atoms with van der Waals surface area (Å²) in [7, 11) is 0. The summed E-state index contributed by atoms with van der Waals surface area (Å²) in [6.45, 7) is 5.26. The zero-order valence-electron chi connectivity index (χ0n) is 34.5. The van der Waals surface area contributed by atoms with Gasteiger partial charge in [-0.3, -0.25) is 18.4 Å². The molecule has 16 heteroatoms. The normalized spacial score (nSPS) is 13.5. The first-order valence-corrected chi connectivity index (χ1v) is 21.2. The van der Waals surface area contributed by atoms with Crippen LogP contribution in [0.1, 0.15) is 65.8 Å². The van der Waals surface area contributed by atoms with Crippen LogP contribution in [0, 0.1) is 23.1 Å². The molecule has 0 atom stereocenters. The Balaban J connectivity index is 0.000000161. The third-order valence-electron chi connectivity index (χ3n) is 10.8. The Morgan fingerprint density at radius 1 is 0.794 bits per heavy atom. The van der Waals surface area contributed by atoms with E-state index in [-0.39, 0.29) is 30.3 Å². The maximum absolute atomic E-state index is 14.0. The highest BCUT2D eigenvalue weighted by Gasteiger charge is 2.26. The zero-order valence-corrected chi connectivity index (χ0v) is 35.2. The molecule has 0 unspecified atom stereocenters. The van der Waals surface area contributed by atoms with Crippen molar-refractivity contribution >= 4 is 68.4 Å². The molecule has 4 aromatic carbocycles. The van der Waals surface area contributed by atoms with Gasteiger partial charge in [0, 0.05) is 47.9 Å². The molecule has 0 radical (unpaired) electrons. The molecule has 14 nitrogen and oxygen atoms in total. The molecule has 2 aliphatic carbocycles. The van der Waals surface area contributed by atoms with E-state index in [9.17, 15) is 19.2 Å². The lowest BCUT2D eigenvalue weighted by atomic mass is 10.1. The predicted octanol–water partition coefficient (Wildman–Crippen LogP) is 8.02. The number of nitrogens with zero attached hydrogens (tertiary/aromatic N) is 7. The van der Waals surface area contributed by atoms with Crippen LogP contribution >= 0.6 is 11.6 Å². The van der Waals surface area contributed by atoms with E-state index in [1.54, 1.807) is 54.9 Å². The fourth-order valence-corrected chi connectivity index (χ4v) is 7.53. The second kappa shape index (κ2) is 17.3. The van der Waals surface area contributed by atoms with Crippen molar-refractivity contribution in [3.63, 3.8) is 0 Å². The number of aliphatic hydroxyl groups excluding tert-OH is 1. The predicted molar refractivity (Wildman–Crippen MR) is 241 cm³/mol. The van der Waals surface area contributed by atoms with Crippen molar-refractivity contribution in [2.24, 2.45) is 5.92 Å². The summed E-state index contributed by atoms with van der Waals surface area (Å²) >= 11 is 6.52. The third-order valence-corrected chi connectivity index (χ3v) is 11.1. The first-order chi connectivity index (χ1) is 30.6. The Morgan fingerprint density at radius 3 is 2.08 bits per heavy atom. The molecule has 2 aliphatic rings. The molecule has 5 N–H and O–H groups in total. The van der Waals surface area contributed by atoms with Crippen molar-refractivity contribution in [2.75, 3.05) is 30.3 Å². The van der Waals surface area contributed by atoms with Crippen molar-refractivity contribution in [2.45, 2.75) is 51.6 Å². The zero-order chi connectivity index (χ0) is 43.8. The van der Waals surface area contributed by atoms with E-state index in [2.05, 4.69) is 56.1 Å². The summed E-state index contributed by atoms with van der Waals surface area (Å²) in [5.74, 6) is 1.00. The van der Waals surface area contributed by atoms with Gasteiger partial charge in [0.1, 0.15) is 5.82 Å². The van der Waals surface area contributed by atoms with Gasteiger partial charge in [0.25, 0.3) is 11.8 Å². The minimum absolute atomic E-state index is 0.0484. The summed E-state index contributed by atoms with van der Waals surface area (Å²) < 4.78 is 17.9. The van der Waals surface area contributed by atoms with Gasteiger partial charge >= 0.3 is 0 Å². The molecule has 318 valence electrons. The average molecular weight is 864 g/mol. The second-order valence-corrected chi connectivity index (χ2v) is 16.6. The molecule has 10 rings (SSSR count). The molecule has 0 spiro atoms. The number of anilines is 2. The number of carbonyl (C=O) groups excluding carboxylic acids is 2. The van der Waals surface area contributed by atoms with Gasteiger partial charge in [-0.05, 0) is 86.2 Å². The Morgan fingerprint density at radius 2 is 1.43 bits per heavy atom. The van der Waals surface area contributed by atoms with Crippen LogP contribution in [0.2, 0.25) is 5.02 Å². The molecule has 63 heavy (non-hydrogen) atoms. The number of nitriles is 1. The monoisotopic (exact) mass is 863 g/mol. The van der Waals surface area contributed by atoms with Gasteiger partial charge in [0.15, 0.2) is 22.9 Å². The highest BCUT2D eigenvalue weighted by atomic mass is 35.5. The smallest absolute Gasteiger partial charge is 0.253 e. The number of benzene rings is 4.